The number of imidazole rings is 2. The molecule has 1 aliphatic rings. The Labute approximate surface area is 345 Å². The van der Waals surface area contributed by atoms with Gasteiger partial charge < -0.3 is 36.7 Å². The van der Waals surface area contributed by atoms with Gasteiger partial charge in [0, 0.05) is 63.6 Å². The maximum atomic E-state index is 13.6. The molecule has 0 bridgehead atoms. The van der Waals surface area contributed by atoms with Crippen molar-refractivity contribution in [3.63, 3.8) is 0 Å². The maximum absolute atomic E-state index is 13.6. The molecule has 4 amide bonds. The standard InChI is InChI=1S/C40H51N15O5/c1-5-45-29(20-24(3)41)37(58)49-39-47-28-22-26(34(42)56)23-32(60-19-9-14-52-17-12-44-13-18-52)33(28)54(39)16-8-7-15-53-30-11-10-27(35(43)57)46-36(30)48-40(53)50-38(59)31-21-25(4)51-55(31)6-2/h7-8,10-11,20-23,44H,5-6,9,12-19H2,1-4H3,(H8,41,42,43,45,46,47,48,49,50,56,57,58,59)/p+1/b8-7+. The van der Waals surface area contributed by atoms with E-state index in [1.807, 2.05) is 30.6 Å². The predicted octanol–water partition coefficient (Wildman–Crippen LogP) is 1.37. The van der Waals surface area contributed by atoms with E-state index in [1.165, 1.54) is 12.1 Å². The second-order valence-electron chi connectivity index (χ2n) is 14.2. The molecule has 1 aromatic carbocycles. The molecule has 316 valence electrons. The predicted molar refractivity (Wildman–Crippen MR) is 227 cm³/mol. The third kappa shape index (κ3) is 10.0. The molecule has 6 rings (SSSR count). The highest BCUT2D eigenvalue weighted by Gasteiger charge is 2.26. The third-order valence-electron chi connectivity index (χ3n) is 9.66. The van der Waals surface area contributed by atoms with Crippen LogP contribution in [0.2, 0.25) is 0 Å². The molecule has 1 saturated heterocycles. The van der Waals surface area contributed by atoms with E-state index in [4.69, 9.17) is 21.9 Å². The summed E-state index contributed by atoms with van der Waals surface area (Å²) in [4.78, 5) is 70.5. The summed E-state index contributed by atoms with van der Waals surface area (Å²) in [6.07, 6.45) is 5.95. The molecule has 20 nitrogen and oxygen atoms in total. The number of H-pyrrole nitrogens is 1. The number of nitrogens with two attached hydrogens (primary N) is 3. The van der Waals surface area contributed by atoms with Crippen LogP contribution in [-0.2, 0) is 24.4 Å². The number of carbonyl (C=O) groups is 4. The Bertz CT molecular complexity index is 2500. The number of primary amides is 2. The number of hydrogen-bond acceptors (Lipinski definition) is 12. The molecule has 0 saturated carbocycles. The molecular weight excluding hydrogens is 771 g/mol. The van der Waals surface area contributed by atoms with Gasteiger partial charge in [-0.3, -0.25) is 29.4 Å². The number of nitrogens with zero attached hydrogens (tertiary/aromatic N) is 8. The number of nitrogens with one attached hydrogen (secondary N) is 4. The molecule has 4 aromatic heterocycles. The fourth-order valence-corrected chi connectivity index (χ4v) is 6.89. The van der Waals surface area contributed by atoms with Crippen molar-refractivity contribution in [3.05, 3.63) is 76.9 Å². The Morgan fingerprint density at radius 2 is 1.80 bits per heavy atom. The molecule has 0 unspecified atom stereocenters. The first-order valence-corrected chi connectivity index (χ1v) is 19.8. The normalized spacial score (nSPS) is 14.0. The number of aromatic amines is 1. The van der Waals surface area contributed by atoms with Gasteiger partial charge in [0.1, 0.15) is 22.6 Å². The number of ether oxygens (including phenoxy) is 1. The Hall–Kier alpha value is -6.93. The zero-order chi connectivity index (χ0) is 42.9. The van der Waals surface area contributed by atoms with Crippen molar-refractivity contribution in [2.45, 2.75) is 53.8 Å². The highest BCUT2D eigenvalue weighted by molar-refractivity contribution is 6.47. The number of carbonyl (C=O) groups excluding carboxylic acids is 4. The minimum absolute atomic E-state index is 0.0242. The number of piperazine rings is 1. The van der Waals surface area contributed by atoms with Crippen molar-refractivity contribution < 1.29 is 28.5 Å². The lowest BCUT2D eigenvalue weighted by Crippen LogP contribution is -2.44. The molecule has 0 spiro atoms. The molecule has 0 radical (unpaired) electrons. The molecule has 0 aliphatic carbocycles. The van der Waals surface area contributed by atoms with E-state index in [1.54, 1.807) is 47.4 Å². The summed E-state index contributed by atoms with van der Waals surface area (Å²) >= 11 is 0. The van der Waals surface area contributed by atoms with Gasteiger partial charge in [-0.2, -0.15) is 10.1 Å². The number of amides is 4. The van der Waals surface area contributed by atoms with Gasteiger partial charge in [0.05, 0.1) is 24.4 Å². The number of fused-ring (bicyclic) bond motifs is 2. The first-order chi connectivity index (χ1) is 28.9. The van der Waals surface area contributed by atoms with Crippen molar-refractivity contribution in [3.8, 4) is 5.75 Å². The zero-order valence-electron chi connectivity index (χ0n) is 34.2. The number of allylic oxidation sites excluding steroid dienone is 3. The van der Waals surface area contributed by atoms with Gasteiger partial charge in [0.2, 0.25) is 11.9 Å². The fourth-order valence-electron chi connectivity index (χ4n) is 6.89. The van der Waals surface area contributed by atoms with Crippen LogP contribution in [0.5, 0.6) is 5.75 Å². The summed E-state index contributed by atoms with van der Waals surface area (Å²) in [5, 5.41) is 13.6. The van der Waals surface area contributed by atoms with E-state index < -0.39 is 23.6 Å². The Morgan fingerprint density at radius 3 is 2.50 bits per heavy atom. The summed E-state index contributed by atoms with van der Waals surface area (Å²) in [5.41, 5.74) is 20.8. The van der Waals surface area contributed by atoms with E-state index in [-0.39, 0.29) is 47.6 Å². The monoisotopic (exact) mass is 822 g/mol. The van der Waals surface area contributed by atoms with Crippen LogP contribution in [0.15, 0.2) is 59.2 Å². The number of aliphatic imine (C=N–C) groups is 1. The number of benzene rings is 1. The SMILES string of the molecule is CCN=C(/C=C(/C)N)C(=O)Nc1[nH]c2cc(C(N)=O)cc(OCCCN3CCNCC3)c2[n+]1C/C=C/Cn1c(NC(=O)c2cc(C)nn2CC)nc2nc(C(N)=O)ccc21. The van der Waals surface area contributed by atoms with E-state index in [0.29, 0.717) is 59.1 Å². The van der Waals surface area contributed by atoms with Gasteiger partial charge in [-0.25, -0.2) is 24.6 Å². The first kappa shape index (κ1) is 42.7. The van der Waals surface area contributed by atoms with Crippen molar-refractivity contribution >= 4 is 63.4 Å². The summed E-state index contributed by atoms with van der Waals surface area (Å²) in [6.45, 7) is 13.4. The second kappa shape index (κ2) is 19.2. The van der Waals surface area contributed by atoms with Crippen molar-refractivity contribution in [2.24, 2.45) is 22.2 Å². The smallest absolute Gasteiger partial charge is 0.363 e. The van der Waals surface area contributed by atoms with Crippen LogP contribution >= 0.6 is 0 Å². The number of pyridine rings is 1. The lowest BCUT2D eigenvalue weighted by Gasteiger charge is -2.26. The summed E-state index contributed by atoms with van der Waals surface area (Å²) in [5.74, 6) is -1.43. The molecule has 60 heavy (non-hydrogen) atoms. The number of aryl methyl sites for hydroxylation is 2. The summed E-state index contributed by atoms with van der Waals surface area (Å²) in [7, 11) is 0. The van der Waals surface area contributed by atoms with Crippen molar-refractivity contribution in [2.75, 3.05) is 56.5 Å². The number of hydrogen-bond donors (Lipinski definition) is 7. The molecule has 5 aromatic rings. The number of anilines is 2. The molecule has 20 heteroatoms. The fraction of sp³-hybridized carbons (Fsp3) is 0.375. The topological polar surface area (TPSA) is 275 Å². The van der Waals surface area contributed by atoms with E-state index >= 15 is 0 Å². The Balaban J connectivity index is 1.35. The Kier molecular flexibility index (Phi) is 13.7. The maximum Gasteiger partial charge on any atom is 0.363 e. The average Bonchev–Trinajstić information content (AvgIpc) is 3.89. The van der Waals surface area contributed by atoms with Crippen LogP contribution < -0.4 is 42.5 Å². The quantitative estimate of drug-likeness (QED) is 0.0287. The second-order valence-corrected chi connectivity index (χ2v) is 14.2. The molecule has 1 aliphatic heterocycles. The van der Waals surface area contributed by atoms with E-state index in [0.717, 1.165) is 39.1 Å². The summed E-state index contributed by atoms with van der Waals surface area (Å²) < 4.78 is 11.5. The van der Waals surface area contributed by atoms with Crippen LogP contribution in [0.3, 0.4) is 0 Å². The number of rotatable bonds is 18. The average molecular weight is 823 g/mol. The third-order valence-corrected chi connectivity index (χ3v) is 9.66. The Morgan fingerprint density at radius 1 is 1.02 bits per heavy atom. The highest BCUT2D eigenvalue weighted by Crippen LogP contribution is 2.27. The van der Waals surface area contributed by atoms with Crippen LogP contribution in [0.25, 0.3) is 22.2 Å². The van der Waals surface area contributed by atoms with Gasteiger partial charge in [-0.15, -0.1) is 0 Å². The van der Waals surface area contributed by atoms with Crippen molar-refractivity contribution in [1.29, 1.82) is 0 Å². The van der Waals surface area contributed by atoms with E-state index in [9.17, 15) is 19.2 Å². The minimum Gasteiger partial charge on any atom is -0.490 e. The van der Waals surface area contributed by atoms with Crippen LogP contribution in [-0.4, -0.2) is 109 Å². The van der Waals surface area contributed by atoms with Gasteiger partial charge >= 0.3 is 11.9 Å². The minimum atomic E-state index is -0.717. The van der Waals surface area contributed by atoms with Crippen LogP contribution in [0.4, 0.5) is 11.9 Å². The summed E-state index contributed by atoms with van der Waals surface area (Å²) in [6, 6.07) is 8.05. The van der Waals surface area contributed by atoms with Gasteiger partial charge in [-0.1, -0.05) is 12.2 Å². The van der Waals surface area contributed by atoms with Gasteiger partial charge in [0.25, 0.3) is 11.8 Å². The lowest BCUT2D eigenvalue weighted by molar-refractivity contribution is -0.646. The first-order valence-electron chi connectivity index (χ1n) is 19.8. The lowest BCUT2D eigenvalue weighted by atomic mass is 10.1. The molecular formula is C40H52N15O5+. The van der Waals surface area contributed by atoms with Gasteiger partial charge in [0.15, 0.2) is 16.9 Å². The zero-order valence-corrected chi connectivity index (χ0v) is 34.2. The van der Waals surface area contributed by atoms with Crippen molar-refractivity contribution in [1.82, 2.24) is 39.5 Å². The van der Waals surface area contributed by atoms with E-state index in [2.05, 4.69) is 45.9 Å². The molecule has 0 atom stereocenters. The van der Waals surface area contributed by atoms with Crippen LogP contribution in [0, 0.1) is 6.92 Å². The number of aromatic nitrogens is 7. The molecule has 10 N–H and O–H groups in total. The highest BCUT2D eigenvalue weighted by atomic mass is 16.5. The molecule has 5 heterocycles. The molecule has 1 fully saturated rings. The largest absolute Gasteiger partial charge is 0.490 e. The van der Waals surface area contributed by atoms with Gasteiger partial charge in [-0.05, 0) is 70.5 Å². The van der Waals surface area contributed by atoms with Crippen LogP contribution in [0.1, 0.15) is 64.2 Å².